The highest BCUT2D eigenvalue weighted by Crippen LogP contribution is 2.28. The summed E-state index contributed by atoms with van der Waals surface area (Å²) in [4.78, 5) is 15.4. The molecular formula is C19H22N6. The fourth-order valence-electron chi connectivity index (χ4n) is 3.33. The molecule has 2 N–H and O–H groups in total. The Hall–Kier alpha value is -2.73. The number of fused-ring (bicyclic) bond motifs is 1. The summed E-state index contributed by atoms with van der Waals surface area (Å²) < 4.78 is 0. The zero-order valence-electron chi connectivity index (χ0n) is 14.3. The lowest BCUT2D eigenvalue weighted by Gasteiger charge is -2.22. The number of benzene rings is 1. The lowest BCUT2D eigenvalue weighted by molar-refractivity contribution is 0.617. The van der Waals surface area contributed by atoms with E-state index in [1.54, 1.807) is 12.4 Å². The predicted octanol–water partition coefficient (Wildman–Crippen LogP) is 2.44. The number of nitrogens with one attached hydrogen (secondary N) is 2. The summed E-state index contributed by atoms with van der Waals surface area (Å²) in [7, 11) is 2.03. The molecule has 0 amide bonds. The van der Waals surface area contributed by atoms with E-state index in [9.17, 15) is 0 Å². The standard InChI is InChI=1S/C19H22N6/c1-20-15-5-9-25(13-15)19-4-6-21-12-18(19)24-11-14-2-3-16-17(10-14)23-8-7-22-16/h2-4,6-8,10,12,15,20,24H,5,9,11,13H2,1H3. The molecule has 1 aliphatic heterocycles. The summed E-state index contributed by atoms with van der Waals surface area (Å²) in [5.41, 5.74) is 5.30. The molecule has 1 fully saturated rings. The van der Waals surface area contributed by atoms with E-state index in [0.717, 1.165) is 36.4 Å². The molecule has 1 aromatic carbocycles. The zero-order chi connectivity index (χ0) is 17.1. The van der Waals surface area contributed by atoms with Crippen LogP contribution in [0.25, 0.3) is 11.0 Å². The number of rotatable bonds is 5. The fourth-order valence-corrected chi connectivity index (χ4v) is 3.33. The smallest absolute Gasteiger partial charge is 0.0890 e. The van der Waals surface area contributed by atoms with Crippen LogP contribution in [0.1, 0.15) is 12.0 Å². The van der Waals surface area contributed by atoms with Crippen LogP contribution < -0.4 is 15.5 Å². The average molecular weight is 334 g/mol. The number of hydrogen-bond donors (Lipinski definition) is 2. The third kappa shape index (κ3) is 3.39. The van der Waals surface area contributed by atoms with Crippen LogP contribution in [0, 0.1) is 0 Å². The number of hydrogen-bond acceptors (Lipinski definition) is 6. The number of likely N-dealkylation sites (N-methyl/N-ethyl adjacent to an activating group) is 1. The first-order valence-corrected chi connectivity index (χ1v) is 8.63. The minimum absolute atomic E-state index is 0.556. The molecule has 2 aromatic heterocycles. The van der Waals surface area contributed by atoms with Crippen LogP contribution in [0.2, 0.25) is 0 Å². The van der Waals surface area contributed by atoms with Crippen molar-refractivity contribution in [1.82, 2.24) is 20.3 Å². The van der Waals surface area contributed by atoms with Crippen LogP contribution >= 0.6 is 0 Å². The maximum absolute atomic E-state index is 4.38. The number of anilines is 2. The van der Waals surface area contributed by atoms with Crippen molar-refractivity contribution in [2.45, 2.75) is 19.0 Å². The van der Waals surface area contributed by atoms with Crippen molar-refractivity contribution in [2.24, 2.45) is 0 Å². The second-order valence-corrected chi connectivity index (χ2v) is 6.35. The lowest BCUT2D eigenvalue weighted by Crippen LogP contribution is -2.29. The van der Waals surface area contributed by atoms with Gasteiger partial charge in [-0.2, -0.15) is 0 Å². The molecule has 3 aromatic rings. The second kappa shape index (κ2) is 7.03. The van der Waals surface area contributed by atoms with E-state index in [0.29, 0.717) is 6.04 Å². The molecule has 0 spiro atoms. The molecule has 6 nitrogen and oxygen atoms in total. The highest BCUT2D eigenvalue weighted by molar-refractivity contribution is 5.75. The molecule has 25 heavy (non-hydrogen) atoms. The van der Waals surface area contributed by atoms with E-state index in [1.165, 1.54) is 17.7 Å². The Balaban J connectivity index is 1.51. The first-order chi connectivity index (χ1) is 12.3. The summed E-state index contributed by atoms with van der Waals surface area (Å²) in [6.45, 7) is 2.82. The Kier molecular flexibility index (Phi) is 4.43. The third-order valence-corrected chi connectivity index (χ3v) is 4.75. The lowest BCUT2D eigenvalue weighted by atomic mass is 10.2. The van der Waals surface area contributed by atoms with E-state index in [-0.39, 0.29) is 0 Å². The average Bonchev–Trinajstić information content (AvgIpc) is 3.15. The van der Waals surface area contributed by atoms with Gasteiger partial charge in [0.15, 0.2) is 0 Å². The van der Waals surface area contributed by atoms with Crippen LogP contribution in [0.15, 0.2) is 49.1 Å². The minimum Gasteiger partial charge on any atom is -0.378 e. The molecule has 1 aliphatic rings. The van der Waals surface area contributed by atoms with E-state index < -0.39 is 0 Å². The first kappa shape index (κ1) is 15.8. The van der Waals surface area contributed by atoms with Gasteiger partial charge in [-0.15, -0.1) is 0 Å². The van der Waals surface area contributed by atoms with Gasteiger partial charge in [0.2, 0.25) is 0 Å². The highest BCUT2D eigenvalue weighted by atomic mass is 15.2. The van der Waals surface area contributed by atoms with E-state index in [2.05, 4.69) is 48.7 Å². The molecule has 128 valence electrons. The topological polar surface area (TPSA) is 66.0 Å². The molecule has 0 radical (unpaired) electrons. The Labute approximate surface area is 147 Å². The van der Waals surface area contributed by atoms with Crippen LogP contribution in [0.5, 0.6) is 0 Å². The van der Waals surface area contributed by atoms with Crippen LogP contribution in [0.4, 0.5) is 11.4 Å². The molecule has 0 saturated carbocycles. The second-order valence-electron chi connectivity index (χ2n) is 6.35. The molecule has 4 rings (SSSR count). The summed E-state index contributed by atoms with van der Waals surface area (Å²) >= 11 is 0. The van der Waals surface area contributed by atoms with Crippen molar-refractivity contribution >= 4 is 22.4 Å². The van der Waals surface area contributed by atoms with E-state index in [1.807, 2.05) is 25.5 Å². The molecule has 0 aliphatic carbocycles. The summed E-state index contributed by atoms with van der Waals surface area (Å²) in [6.07, 6.45) is 8.38. The van der Waals surface area contributed by atoms with Crippen molar-refractivity contribution in [3.63, 3.8) is 0 Å². The zero-order valence-corrected chi connectivity index (χ0v) is 14.3. The van der Waals surface area contributed by atoms with Crippen LogP contribution in [0.3, 0.4) is 0 Å². The van der Waals surface area contributed by atoms with E-state index >= 15 is 0 Å². The molecule has 3 heterocycles. The summed E-state index contributed by atoms with van der Waals surface area (Å²) in [6, 6.07) is 8.83. The van der Waals surface area contributed by atoms with Gasteiger partial charge in [0, 0.05) is 44.3 Å². The van der Waals surface area contributed by atoms with E-state index in [4.69, 9.17) is 0 Å². The Bertz CT molecular complexity index is 865. The maximum atomic E-state index is 4.38. The molecule has 1 unspecified atom stereocenters. The van der Waals surface area contributed by atoms with Crippen LogP contribution in [-0.2, 0) is 6.54 Å². The molecule has 1 atom stereocenters. The minimum atomic E-state index is 0.556. The monoisotopic (exact) mass is 334 g/mol. The third-order valence-electron chi connectivity index (χ3n) is 4.75. The van der Waals surface area contributed by atoms with Crippen molar-refractivity contribution in [2.75, 3.05) is 30.4 Å². The quantitative estimate of drug-likeness (QED) is 0.747. The van der Waals surface area contributed by atoms with Gasteiger partial charge in [-0.25, -0.2) is 0 Å². The predicted molar refractivity (Wildman–Crippen MR) is 101 cm³/mol. The first-order valence-electron chi connectivity index (χ1n) is 8.63. The van der Waals surface area contributed by atoms with Gasteiger partial charge in [-0.3, -0.25) is 15.0 Å². The highest BCUT2D eigenvalue weighted by Gasteiger charge is 2.22. The number of nitrogens with zero attached hydrogens (tertiary/aromatic N) is 4. The van der Waals surface area contributed by atoms with Gasteiger partial charge in [0.25, 0.3) is 0 Å². The SMILES string of the molecule is CNC1CCN(c2ccncc2NCc2ccc3nccnc3c2)C1. The maximum Gasteiger partial charge on any atom is 0.0890 e. The van der Waals surface area contributed by atoms with Gasteiger partial charge >= 0.3 is 0 Å². The normalized spacial score (nSPS) is 17.2. The van der Waals surface area contributed by atoms with Crippen molar-refractivity contribution in [1.29, 1.82) is 0 Å². The summed E-state index contributed by atoms with van der Waals surface area (Å²) in [5, 5.41) is 6.90. The number of pyridine rings is 1. The molecule has 0 bridgehead atoms. The Morgan fingerprint density at radius 3 is 2.84 bits per heavy atom. The number of aromatic nitrogens is 3. The van der Waals surface area contributed by atoms with Crippen molar-refractivity contribution in [3.8, 4) is 0 Å². The van der Waals surface area contributed by atoms with Gasteiger partial charge in [0.05, 0.1) is 28.6 Å². The van der Waals surface area contributed by atoms with Crippen molar-refractivity contribution in [3.05, 3.63) is 54.6 Å². The molecular weight excluding hydrogens is 312 g/mol. The van der Waals surface area contributed by atoms with Crippen molar-refractivity contribution < 1.29 is 0 Å². The van der Waals surface area contributed by atoms with Gasteiger partial charge in [-0.05, 0) is 37.2 Å². The fraction of sp³-hybridized carbons (Fsp3) is 0.316. The van der Waals surface area contributed by atoms with Gasteiger partial charge < -0.3 is 15.5 Å². The Morgan fingerprint density at radius 1 is 1.12 bits per heavy atom. The summed E-state index contributed by atoms with van der Waals surface area (Å²) in [5.74, 6) is 0. The largest absolute Gasteiger partial charge is 0.378 e. The molecule has 6 heteroatoms. The van der Waals surface area contributed by atoms with Crippen LogP contribution in [-0.4, -0.2) is 41.1 Å². The van der Waals surface area contributed by atoms with Gasteiger partial charge in [-0.1, -0.05) is 6.07 Å². The molecule has 1 saturated heterocycles. The Morgan fingerprint density at radius 2 is 2.00 bits per heavy atom. The van der Waals surface area contributed by atoms with Gasteiger partial charge in [0.1, 0.15) is 0 Å².